The minimum Gasteiger partial charge on any atom is -0.393 e. The normalized spacial score (nSPS) is 23.1. The fourth-order valence-electron chi connectivity index (χ4n) is 2.55. The second kappa shape index (κ2) is 7.88. The molecule has 1 aromatic rings. The zero-order chi connectivity index (χ0) is 15.1. The maximum atomic E-state index is 11.9. The van der Waals surface area contributed by atoms with Crippen molar-refractivity contribution >= 4 is 11.7 Å². The van der Waals surface area contributed by atoms with Crippen molar-refractivity contribution in [1.82, 2.24) is 10.6 Å². The van der Waals surface area contributed by atoms with Crippen molar-refractivity contribution in [1.29, 1.82) is 0 Å². The van der Waals surface area contributed by atoms with Crippen LogP contribution in [0.3, 0.4) is 0 Å². The topological polar surface area (TPSA) is 73.4 Å². The van der Waals surface area contributed by atoms with Crippen LogP contribution in [-0.4, -0.2) is 35.9 Å². The number of amides is 2. The monoisotopic (exact) mass is 291 g/mol. The summed E-state index contributed by atoms with van der Waals surface area (Å²) in [6.07, 6.45) is 3.06. The molecule has 1 unspecified atom stereocenters. The lowest BCUT2D eigenvalue weighted by Crippen LogP contribution is -2.48. The largest absolute Gasteiger partial charge is 0.393 e. The van der Waals surface area contributed by atoms with Crippen molar-refractivity contribution in [2.75, 3.05) is 11.9 Å². The third-order valence-electron chi connectivity index (χ3n) is 3.80. The molecule has 0 radical (unpaired) electrons. The van der Waals surface area contributed by atoms with Crippen LogP contribution in [0, 0.1) is 0 Å². The number of para-hydroxylation sites is 1. The van der Waals surface area contributed by atoms with E-state index in [1.54, 1.807) is 0 Å². The van der Waals surface area contributed by atoms with Crippen LogP contribution in [0.15, 0.2) is 30.3 Å². The van der Waals surface area contributed by atoms with Gasteiger partial charge in [0, 0.05) is 24.3 Å². The predicted molar refractivity (Wildman–Crippen MR) is 84.3 cm³/mol. The number of nitrogens with one attached hydrogen (secondary N) is 3. The van der Waals surface area contributed by atoms with Crippen LogP contribution in [0.1, 0.15) is 32.6 Å². The summed E-state index contributed by atoms with van der Waals surface area (Å²) >= 11 is 0. The first-order valence-electron chi connectivity index (χ1n) is 7.67. The standard InChI is InChI=1S/C16H25N3O2/c1-12(11-17-13-5-3-2-4-6-13)18-16(21)19-14-7-9-15(20)10-8-14/h2-6,12,14-15,17,20H,7-11H2,1H3,(H2,18,19,21). The summed E-state index contributed by atoms with van der Waals surface area (Å²) in [4.78, 5) is 11.9. The third-order valence-corrected chi connectivity index (χ3v) is 3.80. The second-order valence-corrected chi connectivity index (χ2v) is 5.77. The number of hydrogen-bond acceptors (Lipinski definition) is 3. The summed E-state index contributed by atoms with van der Waals surface area (Å²) in [5.74, 6) is 0. The molecule has 0 aromatic heterocycles. The summed E-state index contributed by atoms with van der Waals surface area (Å²) in [5.41, 5.74) is 1.05. The van der Waals surface area contributed by atoms with E-state index in [0.29, 0.717) is 6.54 Å². The molecule has 2 amide bonds. The molecule has 1 aliphatic carbocycles. The van der Waals surface area contributed by atoms with Gasteiger partial charge in [0.05, 0.1) is 6.10 Å². The van der Waals surface area contributed by atoms with Gasteiger partial charge in [-0.05, 0) is 44.7 Å². The molecule has 1 aromatic carbocycles. The smallest absolute Gasteiger partial charge is 0.315 e. The summed E-state index contributed by atoms with van der Waals surface area (Å²) in [5, 5.41) is 18.6. The summed E-state index contributed by atoms with van der Waals surface area (Å²) in [7, 11) is 0. The van der Waals surface area contributed by atoms with Gasteiger partial charge in [0.1, 0.15) is 0 Å². The Morgan fingerprint density at radius 1 is 1.24 bits per heavy atom. The maximum absolute atomic E-state index is 11.9. The Bertz CT molecular complexity index is 430. The minimum atomic E-state index is -0.194. The fraction of sp³-hybridized carbons (Fsp3) is 0.562. The Hall–Kier alpha value is -1.75. The molecule has 5 nitrogen and oxygen atoms in total. The Balaban J connectivity index is 1.65. The Labute approximate surface area is 126 Å². The van der Waals surface area contributed by atoms with Crippen LogP contribution in [-0.2, 0) is 0 Å². The van der Waals surface area contributed by atoms with Gasteiger partial charge in [-0.2, -0.15) is 0 Å². The number of anilines is 1. The van der Waals surface area contributed by atoms with E-state index >= 15 is 0 Å². The predicted octanol–water partition coefficient (Wildman–Crippen LogP) is 2.09. The van der Waals surface area contributed by atoms with Crippen LogP contribution >= 0.6 is 0 Å². The number of urea groups is 1. The molecule has 5 heteroatoms. The van der Waals surface area contributed by atoms with Gasteiger partial charge in [0.15, 0.2) is 0 Å². The second-order valence-electron chi connectivity index (χ2n) is 5.77. The molecule has 0 bridgehead atoms. The molecule has 0 aliphatic heterocycles. The maximum Gasteiger partial charge on any atom is 0.315 e. The van der Waals surface area contributed by atoms with Gasteiger partial charge < -0.3 is 21.1 Å². The van der Waals surface area contributed by atoms with Crippen molar-refractivity contribution < 1.29 is 9.90 Å². The number of aliphatic hydroxyl groups excluding tert-OH is 1. The number of carbonyl (C=O) groups excluding carboxylic acids is 1. The molecular weight excluding hydrogens is 266 g/mol. The number of benzene rings is 1. The highest BCUT2D eigenvalue weighted by Gasteiger charge is 2.21. The van der Waals surface area contributed by atoms with Gasteiger partial charge in [0.2, 0.25) is 0 Å². The summed E-state index contributed by atoms with van der Waals surface area (Å²) < 4.78 is 0. The summed E-state index contributed by atoms with van der Waals surface area (Å²) in [6.45, 7) is 2.65. The number of aliphatic hydroxyl groups is 1. The molecule has 0 saturated heterocycles. The van der Waals surface area contributed by atoms with Gasteiger partial charge in [-0.15, -0.1) is 0 Å². The third kappa shape index (κ3) is 5.63. The highest BCUT2D eigenvalue weighted by atomic mass is 16.3. The molecule has 1 fully saturated rings. The Morgan fingerprint density at radius 2 is 1.90 bits per heavy atom. The van der Waals surface area contributed by atoms with Crippen LogP contribution in [0.25, 0.3) is 0 Å². The van der Waals surface area contributed by atoms with Crippen molar-refractivity contribution in [2.24, 2.45) is 0 Å². The highest BCUT2D eigenvalue weighted by molar-refractivity contribution is 5.74. The molecule has 4 N–H and O–H groups in total. The van der Waals surface area contributed by atoms with Crippen molar-refractivity contribution in [3.05, 3.63) is 30.3 Å². The lowest BCUT2D eigenvalue weighted by atomic mass is 9.93. The van der Waals surface area contributed by atoms with Crippen molar-refractivity contribution in [2.45, 2.75) is 50.8 Å². The minimum absolute atomic E-state index is 0.0411. The number of carbonyl (C=O) groups is 1. The molecule has 21 heavy (non-hydrogen) atoms. The van der Waals surface area contributed by atoms with Gasteiger partial charge in [-0.3, -0.25) is 0 Å². The van der Waals surface area contributed by atoms with Crippen LogP contribution in [0.4, 0.5) is 10.5 Å². The number of hydrogen-bond donors (Lipinski definition) is 4. The van der Waals surface area contributed by atoms with Gasteiger partial charge >= 0.3 is 6.03 Å². The van der Waals surface area contributed by atoms with E-state index < -0.39 is 0 Å². The first-order chi connectivity index (χ1) is 10.1. The van der Waals surface area contributed by atoms with Crippen molar-refractivity contribution in [3.8, 4) is 0 Å². The molecule has 116 valence electrons. The average molecular weight is 291 g/mol. The van der Waals surface area contributed by atoms with Gasteiger partial charge in [-0.25, -0.2) is 4.79 Å². The average Bonchev–Trinajstić information content (AvgIpc) is 2.48. The van der Waals surface area contributed by atoms with E-state index in [2.05, 4.69) is 16.0 Å². The Kier molecular flexibility index (Phi) is 5.87. The summed E-state index contributed by atoms with van der Waals surface area (Å²) in [6, 6.07) is 10.0. The van der Waals surface area contributed by atoms with Crippen molar-refractivity contribution in [3.63, 3.8) is 0 Å². The zero-order valence-electron chi connectivity index (χ0n) is 12.5. The van der Waals surface area contributed by atoms with E-state index in [0.717, 1.165) is 31.4 Å². The molecule has 1 saturated carbocycles. The molecular formula is C16H25N3O2. The first kappa shape index (κ1) is 15.6. The van der Waals surface area contributed by atoms with Crippen LogP contribution in [0.2, 0.25) is 0 Å². The highest BCUT2D eigenvalue weighted by Crippen LogP contribution is 2.18. The van der Waals surface area contributed by atoms with Gasteiger partial charge in [-0.1, -0.05) is 18.2 Å². The molecule has 1 atom stereocenters. The SMILES string of the molecule is CC(CNc1ccccc1)NC(=O)NC1CCC(O)CC1. The molecule has 0 heterocycles. The molecule has 2 rings (SSSR count). The Morgan fingerprint density at radius 3 is 2.57 bits per heavy atom. The van der Waals surface area contributed by atoms with E-state index in [1.807, 2.05) is 37.3 Å². The fourth-order valence-corrected chi connectivity index (χ4v) is 2.55. The van der Waals surface area contributed by atoms with E-state index in [1.165, 1.54) is 0 Å². The van der Waals surface area contributed by atoms with Crippen LogP contribution < -0.4 is 16.0 Å². The lowest BCUT2D eigenvalue weighted by molar-refractivity contribution is 0.117. The van der Waals surface area contributed by atoms with E-state index in [-0.39, 0.29) is 24.2 Å². The zero-order valence-corrected chi connectivity index (χ0v) is 12.5. The van der Waals surface area contributed by atoms with E-state index in [9.17, 15) is 9.90 Å². The molecule has 1 aliphatic rings. The van der Waals surface area contributed by atoms with Crippen LogP contribution in [0.5, 0.6) is 0 Å². The first-order valence-corrected chi connectivity index (χ1v) is 7.67. The lowest BCUT2D eigenvalue weighted by Gasteiger charge is -2.27. The quantitative estimate of drug-likeness (QED) is 0.671. The molecule has 0 spiro atoms. The number of rotatable bonds is 5. The van der Waals surface area contributed by atoms with Gasteiger partial charge in [0.25, 0.3) is 0 Å². The van der Waals surface area contributed by atoms with E-state index in [4.69, 9.17) is 0 Å².